The van der Waals surface area contributed by atoms with Gasteiger partial charge < -0.3 is 9.52 Å². The van der Waals surface area contributed by atoms with Gasteiger partial charge in [0.25, 0.3) is 0 Å². The van der Waals surface area contributed by atoms with Crippen molar-refractivity contribution in [2.24, 2.45) is 22.7 Å². The molecule has 3 heteroatoms. The Morgan fingerprint density at radius 2 is 2.04 bits per heavy atom. The molecule has 2 fully saturated rings. The zero-order valence-electron chi connectivity index (χ0n) is 14.9. The molecular formula is C20H30O3. The number of hydrogen-bond donors (Lipinski definition) is 1. The number of rotatable bonds is 3. The molecule has 0 amide bonds. The van der Waals surface area contributed by atoms with Crippen molar-refractivity contribution < 1.29 is 14.3 Å². The Morgan fingerprint density at radius 3 is 2.70 bits per heavy atom. The van der Waals surface area contributed by atoms with E-state index in [4.69, 9.17) is 4.42 Å². The summed E-state index contributed by atoms with van der Waals surface area (Å²) < 4.78 is 5.16. The van der Waals surface area contributed by atoms with Crippen LogP contribution in [-0.4, -0.2) is 16.5 Å². The first-order valence-electron chi connectivity index (χ1n) is 8.97. The first-order valence-corrected chi connectivity index (χ1v) is 8.97. The summed E-state index contributed by atoms with van der Waals surface area (Å²) in [6.07, 6.45) is 8.55. The van der Waals surface area contributed by atoms with E-state index in [1.165, 1.54) is 0 Å². The minimum absolute atomic E-state index is 0.0112. The maximum atomic E-state index is 12.9. The number of ketones is 1. The zero-order chi connectivity index (χ0) is 16.9. The zero-order valence-corrected chi connectivity index (χ0v) is 14.9. The monoisotopic (exact) mass is 318 g/mol. The molecule has 1 heterocycles. The molecule has 1 aromatic rings. The van der Waals surface area contributed by atoms with Gasteiger partial charge in [-0.25, -0.2) is 0 Å². The van der Waals surface area contributed by atoms with Gasteiger partial charge in [0, 0.05) is 17.8 Å². The highest BCUT2D eigenvalue weighted by molar-refractivity contribution is 5.84. The van der Waals surface area contributed by atoms with Gasteiger partial charge in [-0.3, -0.25) is 4.79 Å². The van der Waals surface area contributed by atoms with Crippen LogP contribution in [0, 0.1) is 22.7 Å². The quantitative estimate of drug-likeness (QED) is 0.899. The molecular weight excluding hydrogens is 288 g/mol. The fourth-order valence-corrected chi connectivity index (χ4v) is 5.77. The van der Waals surface area contributed by atoms with Crippen LogP contribution >= 0.6 is 0 Å². The molecule has 0 aromatic carbocycles. The molecule has 3 nitrogen and oxygen atoms in total. The lowest BCUT2D eigenvalue weighted by Crippen LogP contribution is -2.65. The van der Waals surface area contributed by atoms with Gasteiger partial charge in [0.2, 0.25) is 0 Å². The van der Waals surface area contributed by atoms with Gasteiger partial charge in [0.1, 0.15) is 5.78 Å². The second-order valence-electron chi connectivity index (χ2n) is 8.82. The summed E-state index contributed by atoms with van der Waals surface area (Å²) in [7, 11) is 0. The molecule has 0 saturated heterocycles. The minimum Gasteiger partial charge on any atom is -0.472 e. The Bertz CT molecular complexity index is 574. The number of furan rings is 1. The van der Waals surface area contributed by atoms with Crippen LogP contribution in [0.5, 0.6) is 0 Å². The number of aliphatic hydroxyl groups is 1. The average molecular weight is 318 g/mol. The summed E-state index contributed by atoms with van der Waals surface area (Å²) in [6.45, 7) is 8.64. The predicted octanol–water partition coefficient (Wildman–Crippen LogP) is 4.38. The molecule has 1 aromatic heterocycles. The van der Waals surface area contributed by atoms with E-state index in [0.29, 0.717) is 18.6 Å². The van der Waals surface area contributed by atoms with Crippen LogP contribution in [0.15, 0.2) is 23.0 Å². The Morgan fingerprint density at radius 1 is 1.30 bits per heavy atom. The van der Waals surface area contributed by atoms with E-state index in [9.17, 15) is 9.90 Å². The third-order valence-electron chi connectivity index (χ3n) is 6.94. The van der Waals surface area contributed by atoms with Crippen LogP contribution in [0.25, 0.3) is 0 Å². The highest BCUT2D eigenvalue weighted by atomic mass is 16.3. The maximum absolute atomic E-state index is 12.9. The van der Waals surface area contributed by atoms with Crippen molar-refractivity contribution >= 4 is 5.78 Å². The van der Waals surface area contributed by atoms with Crippen molar-refractivity contribution in [3.63, 3.8) is 0 Å². The fraction of sp³-hybridized carbons (Fsp3) is 0.750. The number of Topliss-reactive ketones (excluding diaryl/α,β-unsaturated/α-hetero) is 1. The van der Waals surface area contributed by atoms with Gasteiger partial charge in [-0.15, -0.1) is 0 Å². The summed E-state index contributed by atoms with van der Waals surface area (Å²) >= 11 is 0. The molecule has 0 bridgehead atoms. The van der Waals surface area contributed by atoms with Gasteiger partial charge in [-0.1, -0.05) is 34.1 Å². The molecule has 0 unspecified atom stereocenters. The third kappa shape index (κ3) is 2.48. The Kier molecular flexibility index (Phi) is 3.99. The van der Waals surface area contributed by atoms with Crippen molar-refractivity contribution in [2.45, 2.75) is 71.8 Å². The molecule has 2 saturated carbocycles. The lowest BCUT2D eigenvalue weighted by atomic mass is 9.44. The van der Waals surface area contributed by atoms with E-state index in [1.807, 2.05) is 6.07 Å². The molecule has 0 radical (unpaired) electrons. The molecule has 23 heavy (non-hydrogen) atoms. The summed E-state index contributed by atoms with van der Waals surface area (Å²) in [5, 5.41) is 11.8. The minimum atomic E-state index is -0.791. The Labute approximate surface area is 139 Å². The van der Waals surface area contributed by atoms with Crippen molar-refractivity contribution in [2.75, 3.05) is 0 Å². The van der Waals surface area contributed by atoms with Crippen LogP contribution in [0.3, 0.4) is 0 Å². The van der Waals surface area contributed by atoms with Crippen LogP contribution in [0.4, 0.5) is 0 Å². The largest absolute Gasteiger partial charge is 0.472 e. The first kappa shape index (κ1) is 16.8. The van der Waals surface area contributed by atoms with Crippen molar-refractivity contribution in [1.29, 1.82) is 0 Å². The molecule has 4 atom stereocenters. The summed E-state index contributed by atoms with van der Waals surface area (Å²) in [4.78, 5) is 12.9. The number of hydrogen-bond acceptors (Lipinski definition) is 3. The summed E-state index contributed by atoms with van der Waals surface area (Å²) in [6, 6.07) is 1.96. The highest BCUT2D eigenvalue weighted by Crippen LogP contribution is 2.62. The van der Waals surface area contributed by atoms with E-state index in [2.05, 4.69) is 27.7 Å². The van der Waals surface area contributed by atoms with Crippen LogP contribution in [-0.2, 0) is 11.2 Å². The topological polar surface area (TPSA) is 50.4 Å². The molecule has 1 N–H and O–H groups in total. The number of carbonyl (C=O) groups is 1. The van der Waals surface area contributed by atoms with E-state index in [0.717, 1.165) is 31.2 Å². The maximum Gasteiger partial charge on any atom is 0.137 e. The van der Waals surface area contributed by atoms with Gasteiger partial charge in [-0.2, -0.15) is 0 Å². The van der Waals surface area contributed by atoms with Crippen molar-refractivity contribution in [3.8, 4) is 0 Å². The SMILES string of the molecule is C[C@@H]1CC(=O)[C@H]2C(C)(C)CCC[C@]2(C)[C@@]1(O)CCc1ccoc1. The second kappa shape index (κ2) is 5.47. The van der Waals surface area contributed by atoms with Crippen molar-refractivity contribution in [3.05, 3.63) is 24.2 Å². The number of aryl methyl sites for hydroxylation is 1. The van der Waals surface area contributed by atoms with Crippen molar-refractivity contribution in [1.82, 2.24) is 0 Å². The molecule has 0 spiro atoms. The van der Waals surface area contributed by atoms with Gasteiger partial charge >= 0.3 is 0 Å². The molecule has 2 aliphatic carbocycles. The van der Waals surface area contributed by atoms with Crippen LogP contribution in [0.1, 0.15) is 65.4 Å². The summed E-state index contributed by atoms with van der Waals surface area (Å²) in [5.41, 5.74) is -0.0144. The third-order valence-corrected chi connectivity index (χ3v) is 6.94. The average Bonchev–Trinajstić information content (AvgIpc) is 2.95. The van der Waals surface area contributed by atoms with Crippen LogP contribution in [0.2, 0.25) is 0 Å². The molecule has 2 aliphatic rings. The van der Waals surface area contributed by atoms with E-state index in [1.54, 1.807) is 12.5 Å². The molecule has 0 aliphatic heterocycles. The van der Waals surface area contributed by atoms with E-state index in [-0.39, 0.29) is 22.7 Å². The highest BCUT2D eigenvalue weighted by Gasteiger charge is 2.63. The van der Waals surface area contributed by atoms with Crippen LogP contribution < -0.4 is 0 Å². The lowest BCUT2D eigenvalue weighted by molar-refractivity contribution is -0.208. The molecule has 3 rings (SSSR count). The molecule has 128 valence electrons. The number of fused-ring (bicyclic) bond motifs is 1. The lowest BCUT2D eigenvalue weighted by Gasteiger charge is -2.62. The van der Waals surface area contributed by atoms with Gasteiger partial charge in [0.05, 0.1) is 18.1 Å². The smallest absolute Gasteiger partial charge is 0.137 e. The van der Waals surface area contributed by atoms with Gasteiger partial charge in [0.15, 0.2) is 0 Å². The Hall–Kier alpha value is -1.09. The second-order valence-corrected chi connectivity index (χ2v) is 8.82. The fourth-order valence-electron chi connectivity index (χ4n) is 5.77. The number of carbonyl (C=O) groups excluding carboxylic acids is 1. The van der Waals surface area contributed by atoms with Gasteiger partial charge in [-0.05, 0) is 48.6 Å². The predicted molar refractivity (Wildman–Crippen MR) is 90.0 cm³/mol. The van der Waals surface area contributed by atoms with E-state index >= 15 is 0 Å². The Balaban J connectivity index is 1.95. The van der Waals surface area contributed by atoms with E-state index < -0.39 is 5.60 Å². The normalized spacial score (nSPS) is 40.0. The standard InChI is InChI=1S/C20H30O3/c1-14-12-16(21)17-18(2,3)8-5-9-19(17,4)20(14,22)10-6-15-7-11-23-13-15/h7,11,13-14,17,22H,5-6,8-10,12H2,1-4H3/t14-,17+,19+,20-/m1/s1. The first-order chi connectivity index (χ1) is 10.7. The summed E-state index contributed by atoms with van der Waals surface area (Å²) in [5.74, 6) is 0.337.